The molecule has 0 aromatic carbocycles. The number of carbonyl (C=O) groups excluding carboxylic acids is 1. The summed E-state index contributed by atoms with van der Waals surface area (Å²) in [5.41, 5.74) is 0.795. The van der Waals surface area contributed by atoms with Gasteiger partial charge in [0.05, 0.1) is 0 Å². The summed E-state index contributed by atoms with van der Waals surface area (Å²) < 4.78 is 0. The number of hydrogen-bond acceptors (Lipinski definition) is 4. The van der Waals surface area contributed by atoms with Gasteiger partial charge in [0.25, 0.3) is 0 Å². The van der Waals surface area contributed by atoms with Crippen LogP contribution in [0.5, 0.6) is 0 Å². The Morgan fingerprint density at radius 2 is 2.47 bits per heavy atom. The third-order valence-corrected chi connectivity index (χ3v) is 2.22. The quantitative estimate of drug-likeness (QED) is 0.780. The summed E-state index contributed by atoms with van der Waals surface area (Å²) in [5, 5.41) is 9.83. The summed E-state index contributed by atoms with van der Waals surface area (Å²) in [4.78, 5) is 15.4. The van der Waals surface area contributed by atoms with Crippen molar-refractivity contribution in [2.45, 2.75) is 18.5 Å². The lowest BCUT2D eigenvalue weighted by molar-refractivity contribution is -0.121. The normalized spacial score (nSPS) is 19.7. The molecule has 2 atom stereocenters. The molecule has 1 aromatic heterocycles. The number of rotatable bonds is 2. The zero-order valence-corrected chi connectivity index (χ0v) is 8.77. The molecular weight excluding hydrogens is 216 g/mol. The lowest BCUT2D eigenvalue weighted by Crippen LogP contribution is -2.31. The van der Waals surface area contributed by atoms with E-state index < -0.39 is 11.5 Å². The summed E-state index contributed by atoms with van der Waals surface area (Å²) in [5.74, 6) is 0.280. The average Bonchev–Trinajstić information content (AvgIpc) is 2.62. The summed E-state index contributed by atoms with van der Waals surface area (Å²) in [7, 11) is 0. The Bertz CT molecular complexity index is 418. The maximum absolute atomic E-state index is 11.3. The zero-order valence-electron chi connectivity index (χ0n) is 8.01. The molecule has 2 rings (SSSR count). The Hall–Kier alpha value is -1.49. The molecule has 78 valence electrons. The second-order valence-electron chi connectivity index (χ2n) is 3.16. The van der Waals surface area contributed by atoms with Gasteiger partial charge in [0.1, 0.15) is 5.38 Å². The second-order valence-corrected chi connectivity index (χ2v) is 3.81. The van der Waals surface area contributed by atoms with Crippen LogP contribution in [0.25, 0.3) is 0 Å². The number of alkyl halides is 1. The number of pyridine rings is 1. The first kappa shape index (κ1) is 10.0. The van der Waals surface area contributed by atoms with E-state index >= 15 is 0 Å². The highest BCUT2D eigenvalue weighted by Crippen LogP contribution is 2.31. The second kappa shape index (κ2) is 3.94. The molecule has 0 aliphatic carbocycles. The summed E-state index contributed by atoms with van der Waals surface area (Å²) in [6, 6.07) is 3.60. The Balaban J connectivity index is 2.15. The van der Waals surface area contributed by atoms with Gasteiger partial charge in [0.15, 0.2) is 12.0 Å². The van der Waals surface area contributed by atoms with Gasteiger partial charge in [-0.2, -0.15) is 5.11 Å². The first-order chi connectivity index (χ1) is 7.18. The number of nitrogens with one attached hydrogen (secondary N) is 1. The van der Waals surface area contributed by atoms with Crippen molar-refractivity contribution >= 4 is 23.3 Å². The van der Waals surface area contributed by atoms with Gasteiger partial charge in [0.2, 0.25) is 5.91 Å². The average molecular weight is 225 g/mol. The van der Waals surface area contributed by atoms with Crippen LogP contribution in [0.1, 0.15) is 18.7 Å². The van der Waals surface area contributed by atoms with E-state index in [4.69, 9.17) is 11.6 Å². The van der Waals surface area contributed by atoms with Crippen LogP contribution in [0.4, 0.5) is 5.82 Å². The topological polar surface area (TPSA) is 66.7 Å². The number of nitrogens with zero attached hydrogens (tertiary/aromatic N) is 3. The number of carbonyl (C=O) groups is 1. The van der Waals surface area contributed by atoms with Gasteiger partial charge < -0.3 is 5.32 Å². The SMILES string of the molecule is C[C@H](Cl)C(=O)N[C@@H]1N=Nc2ncccc21. The zero-order chi connectivity index (χ0) is 10.8. The minimum atomic E-state index is -0.582. The highest BCUT2D eigenvalue weighted by atomic mass is 35.5. The van der Waals surface area contributed by atoms with Gasteiger partial charge in [-0.3, -0.25) is 4.79 Å². The molecule has 15 heavy (non-hydrogen) atoms. The molecule has 0 unspecified atom stereocenters. The van der Waals surface area contributed by atoms with Crippen molar-refractivity contribution in [2.75, 3.05) is 0 Å². The molecule has 0 spiro atoms. The molecule has 0 radical (unpaired) electrons. The molecule has 1 aliphatic rings. The molecule has 1 aliphatic heterocycles. The molecule has 1 amide bonds. The fourth-order valence-electron chi connectivity index (χ4n) is 1.24. The van der Waals surface area contributed by atoms with E-state index in [0.29, 0.717) is 5.82 Å². The largest absolute Gasteiger partial charge is 0.328 e. The third kappa shape index (κ3) is 1.97. The predicted octanol–water partition coefficient (Wildman–Crippen LogP) is 1.92. The van der Waals surface area contributed by atoms with E-state index in [0.717, 1.165) is 5.56 Å². The molecule has 0 saturated heterocycles. The minimum absolute atomic E-state index is 0.266. The Morgan fingerprint density at radius 3 is 3.20 bits per heavy atom. The molecule has 5 nitrogen and oxygen atoms in total. The van der Waals surface area contributed by atoms with Crippen LogP contribution in [0.15, 0.2) is 28.6 Å². The van der Waals surface area contributed by atoms with Crippen molar-refractivity contribution in [1.82, 2.24) is 10.3 Å². The van der Waals surface area contributed by atoms with Crippen LogP contribution >= 0.6 is 11.6 Å². The highest BCUT2D eigenvalue weighted by molar-refractivity contribution is 6.30. The van der Waals surface area contributed by atoms with Gasteiger partial charge in [0, 0.05) is 11.8 Å². The Labute approximate surface area is 91.6 Å². The lowest BCUT2D eigenvalue weighted by Gasteiger charge is -2.10. The monoisotopic (exact) mass is 224 g/mol. The third-order valence-electron chi connectivity index (χ3n) is 2.02. The van der Waals surface area contributed by atoms with E-state index in [2.05, 4.69) is 20.5 Å². The molecule has 0 bridgehead atoms. The number of halogens is 1. The van der Waals surface area contributed by atoms with E-state index in [1.165, 1.54) is 0 Å². The number of hydrogen-bond donors (Lipinski definition) is 1. The van der Waals surface area contributed by atoms with Crippen molar-refractivity contribution in [3.05, 3.63) is 23.9 Å². The van der Waals surface area contributed by atoms with Gasteiger partial charge in [-0.1, -0.05) is 0 Å². The molecule has 1 N–H and O–H groups in total. The summed E-state index contributed by atoms with van der Waals surface area (Å²) >= 11 is 5.63. The molecule has 6 heteroatoms. The van der Waals surface area contributed by atoms with Gasteiger partial charge in [-0.15, -0.1) is 16.7 Å². The molecule has 0 fully saturated rings. The van der Waals surface area contributed by atoms with Gasteiger partial charge in [-0.25, -0.2) is 4.98 Å². The van der Waals surface area contributed by atoms with Crippen molar-refractivity contribution in [2.24, 2.45) is 10.2 Å². The lowest BCUT2D eigenvalue weighted by atomic mass is 10.2. The highest BCUT2D eigenvalue weighted by Gasteiger charge is 2.23. The van der Waals surface area contributed by atoms with Crippen LogP contribution < -0.4 is 5.32 Å². The first-order valence-corrected chi connectivity index (χ1v) is 4.92. The standard InChI is InChI=1S/C9H9ClN4O/c1-5(10)9(15)12-8-6-3-2-4-11-7(6)13-14-8/h2-5,8H,1H3,(H,12,15)/t5-,8+/m0/s1. The Morgan fingerprint density at radius 1 is 1.67 bits per heavy atom. The van der Waals surface area contributed by atoms with Crippen molar-refractivity contribution in [3.8, 4) is 0 Å². The molecule has 1 aromatic rings. The number of azo groups is 1. The van der Waals surface area contributed by atoms with Crippen LogP contribution in [0.2, 0.25) is 0 Å². The van der Waals surface area contributed by atoms with E-state index in [9.17, 15) is 4.79 Å². The van der Waals surface area contributed by atoms with Crippen molar-refractivity contribution in [1.29, 1.82) is 0 Å². The number of aromatic nitrogens is 1. The summed E-state index contributed by atoms with van der Waals surface area (Å²) in [6.07, 6.45) is 1.18. The first-order valence-electron chi connectivity index (χ1n) is 4.48. The number of amides is 1. The Kier molecular flexibility index (Phi) is 2.64. The molecule has 2 heterocycles. The molecule has 0 saturated carbocycles. The van der Waals surface area contributed by atoms with Crippen LogP contribution in [0, 0.1) is 0 Å². The van der Waals surface area contributed by atoms with Crippen molar-refractivity contribution in [3.63, 3.8) is 0 Å². The van der Waals surface area contributed by atoms with Crippen molar-refractivity contribution < 1.29 is 4.79 Å². The maximum atomic E-state index is 11.3. The molecular formula is C9H9ClN4O. The van der Waals surface area contributed by atoms with Gasteiger partial charge >= 0.3 is 0 Å². The minimum Gasteiger partial charge on any atom is -0.328 e. The van der Waals surface area contributed by atoms with Crippen LogP contribution in [-0.4, -0.2) is 16.3 Å². The van der Waals surface area contributed by atoms with E-state index in [1.54, 1.807) is 19.2 Å². The fraction of sp³-hybridized carbons (Fsp3) is 0.333. The fourth-order valence-corrected chi connectivity index (χ4v) is 1.30. The predicted molar refractivity (Wildman–Crippen MR) is 55.0 cm³/mol. The van der Waals surface area contributed by atoms with Crippen LogP contribution in [0.3, 0.4) is 0 Å². The van der Waals surface area contributed by atoms with Crippen LogP contribution in [-0.2, 0) is 4.79 Å². The van der Waals surface area contributed by atoms with Gasteiger partial charge in [-0.05, 0) is 19.1 Å². The summed E-state index contributed by atoms with van der Waals surface area (Å²) in [6.45, 7) is 1.60. The van der Waals surface area contributed by atoms with E-state index in [-0.39, 0.29) is 5.91 Å². The van der Waals surface area contributed by atoms with E-state index in [1.807, 2.05) is 6.07 Å². The number of fused-ring (bicyclic) bond motifs is 1. The maximum Gasteiger partial charge on any atom is 0.239 e. The smallest absolute Gasteiger partial charge is 0.239 e.